The first-order valence-corrected chi connectivity index (χ1v) is 6.66. The first kappa shape index (κ1) is 14.2. The van der Waals surface area contributed by atoms with Crippen molar-refractivity contribution in [2.75, 3.05) is 5.32 Å². The lowest BCUT2D eigenvalue weighted by Gasteiger charge is -2.32. The molecule has 19 heavy (non-hydrogen) atoms. The van der Waals surface area contributed by atoms with Gasteiger partial charge in [-0.15, -0.1) is 0 Å². The third-order valence-corrected chi connectivity index (χ3v) is 4.04. The average Bonchev–Trinajstić information content (AvgIpc) is 2.33. The molecule has 1 aliphatic carbocycles. The van der Waals surface area contributed by atoms with E-state index in [4.69, 9.17) is 0 Å². The van der Waals surface area contributed by atoms with Crippen LogP contribution < -0.4 is 5.32 Å². The summed E-state index contributed by atoms with van der Waals surface area (Å²) < 4.78 is 37.8. The van der Waals surface area contributed by atoms with Crippen molar-refractivity contribution in [1.29, 1.82) is 0 Å². The van der Waals surface area contributed by atoms with E-state index < -0.39 is 11.7 Å². The molecule has 1 aromatic heterocycles. The molecule has 3 atom stereocenters. The van der Waals surface area contributed by atoms with Gasteiger partial charge in [-0.05, 0) is 43.2 Å². The van der Waals surface area contributed by atoms with Crippen LogP contribution in [0.2, 0.25) is 0 Å². The van der Waals surface area contributed by atoms with E-state index >= 15 is 0 Å². The van der Waals surface area contributed by atoms with Gasteiger partial charge < -0.3 is 5.32 Å². The van der Waals surface area contributed by atoms with Gasteiger partial charge in [-0.2, -0.15) is 13.2 Å². The highest BCUT2D eigenvalue weighted by Gasteiger charge is 2.31. The predicted octanol–water partition coefficient (Wildman–Crippen LogP) is 4.34. The second kappa shape index (κ2) is 5.39. The van der Waals surface area contributed by atoms with Gasteiger partial charge in [-0.3, -0.25) is 0 Å². The Balaban J connectivity index is 2.04. The molecule has 0 aliphatic heterocycles. The van der Waals surface area contributed by atoms with E-state index in [1.54, 1.807) is 0 Å². The van der Waals surface area contributed by atoms with Gasteiger partial charge in [0.05, 0.1) is 5.56 Å². The summed E-state index contributed by atoms with van der Waals surface area (Å²) in [7, 11) is 0. The molecule has 1 heterocycles. The number of pyridine rings is 1. The van der Waals surface area contributed by atoms with Crippen LogP contribution in [0.15, 0.2) is 18.3 Å². The molecule has 1 fully saturated rings. The van der Waals surface area contributed by atoms with Crippen molar-refractivity contribution in [3.8, 4) is 0 Å². The standard InChI is InChI=1S/C14H19F3N2/c1-9-3-4-12(7-10(9)2)19-13-8-11(5-6-18-13)14(15,16)17/h5-6,8-10,12H,3-4,7H2,1-2H3,(H,18,19). The normalized spacial score (nSPS) is 28.2. The van der Waals surface area contributed by atoms with Crippen molar-refractivity contribution in [3.05, 3.63) is 23.9 Å². The maximum absolute atomic E-state index is 12.6. The van der Waals surface area contributed by atoms with Crippen LogP contribution in [-0.4, -0.2) is 11.0 Å². The number of rotatable bonds is 2. The van der Waals surface area contributed by atoms with E-state index in [0.717, 1.165) is 31.4 Å². The van der Waals surface area contributed by atoms with Crippen LogP contribution in [0.1, 0.15) is 38.7 Å². The first-order valence-electron chi connectivity index (χ1n) is 6.66. The lowest BCUT2D eigenvalue weighted by molar-refractivity contribution is -0.137. The van der Waals surface area contributed by atoms with E-state index in [1.165, 1.54) is 6.20 Å². The van der Waals surface area contributed by atoms with Crippen LogP contribution in [0.25, 0.3) is 0 Å². The van der Waals surface area contributed by atoms with Gasteiger partial charge in [0.15, 0.2) is 0 Å². The lowest BCUT2D eigenvalue weighted by atomic mass is 9.79. The molecule has 1 aliphatic rings. The molecule has 0 saturated heterocycles. The highest BCUT2D eigenvalue weighted by Crippen LogP contribution is 2.32. The van der Waals surface area contributed by atoms with Crippen LogP contribution in [0.3, 0.4) is 0 Å². The first-order chi connectivity index (χ1) is 8.86. The molecule has 0 bridgehead atoms. The van der Waals surface area contributed by atoms with Gasteiger partial charge in [0.1, 0.15) is 5.82 Å². The van der Waals surface area contributed by atoms with Crippen LogP contribution >= 0.6 is 0 Å². The summed E-state index contributed by atoms with van der Waals surface area (Å²) in [6.45, 7) is 4.42. The summed E-state index contributed by atoms with van der Waals surface area (Å²) in [5.41, 5.74) is -0.651. The zero-order valence-corrected chi connectivity index (χ0v) is 11.2. The number of halogens is 3. The van der Waals surface area contributed by atoms with E-state index in [1.807, 2.05) is 0 Å². The number of aromatic nitrogens is 1. The quantitative estimate of drug-likeness (QED) is 0.866. The topological polar surface area (TPSA) is 24.9 Å². The van der Waals surface area contributed by atoms with Crippen LogP contribution in [-0.2, 0) is 6.18 Å². The van der Waals surface area contributed by atoms with Gasteiger partial charge in [-0.1, -0.05) is 13.8 Å². The molecule has 5 heteroatoms. The minimum atomic E-state index is -4.31. The van der Waals surface area contributed by atoms with Crippen molar-refractivity contribution in [2.24, 2.45) is 11.8 Å². The largest absolute Gasteiger partial charge is 0.416 e. The minimum Gasteiger partial charge on any atom is -0.367 e. The van der Waals surface area contributed by atoms with Crippen LogP contribution in [0.4, 0.5) is 19.0 Å². The Morgan fingerprint density at radius 2 is 1.95 bits per heavy atom. The average molecular weight is 272 g/mol. The smallest absolute Gasteiger partial charge is 0.367 e. The summed E-state index contributed by atoms with van der Waals surface area (Å²) in [4.78, 5) is 3.98. The summed E-state index contributed by atoms with van der Waals surface area (Å²) >= 11 is 0. The predicted molar refractivity (Wildman–Crippen MR) is 68.8 cm³/mol. The Hall–Kier alpha value is -1.26. The summed E-state index contributed by atoms with van der Waals surface area (Å²) in [6, 6.07) is 2.31. The molecule has 0 aromatic carbocycles. The zero-order valence-electron chi connectivity index (χ0n) is 11.2. The number of nitrogens with one attached hydrogen (secondary N) is 1. The number of hydrogen-bond acceptors (Lipinski definition) is 2. The van der Waals surface area contributed by atoms with E-state index in [2.05, 4.69) is 24.1 Å². The maximum atomic E-state index is 12.6. The van der Waals surface area contributed by atoms with E-state index in [-0.39, 0.29) is 6.04 Å². The van der Waals surface area contributed by atoms with E-state index in [0.29, 0.717) is 17.7 Å². The van der Waals surface area contributed by atoms with E-state index in [9.17, 15) is 13.2 Å². The zero-order chi connectivity index (χ0) is 14.0. The number of nitrogens with zero attached hydrogens (tertiary/aromatic N) is 1. The van der Waals surface area contributed by atoms with Gasteiger partial charge >= 0.3 is 6.18 Å². The molecule has 106 valence electrons. The fourth-order valence-corrected chi connectivity index (χ4v) is 2.57. The van der Waals surface area contributed by atoms with Crippen LogP contribution in [0.5, 0.6) is 0 Å². The van der Waals surface area contributed by atoms with Gasteiger partial charge in [0.25, 0.3) is 0 Å². The third-order valence-electron chi connectivity index (χ3n) is 4.04. The molecule has 0 spiro atoms. The summed E-state index contributed by atoms with van der Waals surface area (Å²) in [5, 5.41) is 3.13. The highest BCUT2D eigenvalue weighted by atomic mass is 19.4. The van der Waals surface area contributed by atoms with Crippen molar-refractivity contribution < 1.29 is 13.2 Å². The van der Waals surface area contributed by atoms with Gasteiger partial charge in [0, 0.05) is 12.2 Å². The molecule has 2 rings (SSSR count). The van der Waals surface area contributed by atoms with Crippen molar-refractivity contribution in [3.63, 3.8) is 0 Å². The number of anilines is 1. The SMILES string of the molecule is CC1CCC(Nc2cc(C(F)(F)F)ccn2)CC1C. The Kier molecular flexibility index (Phi) is 4.02. The van der Waals surface area contributed by atoms with Gasteiger partial charge in [-0.25, -0.2) is 4.98 Å². The fourth-order valence-electron chi connectivity index (χ4n) is 2.57. The lowest BCUT2D eigenvalue weighted by Crippen LogP contribution is -2.30. The Morgan fingerprint density at radius 1 is 1.21 bits per heavy atom. The summed E-state index contributed by atoms with van der Waals surface area (Å²) in [6.07, 6.45) is -0.0197. The van der Waals surface area contributed by atoms with Crippen LogP contribution in [0, 0.1) is 11.8 Å². The molecule has 2 nitrogen and oxygen atoms in total. The van der Waals surface area contributed by atoms with Crippen molar-refractivity contribution >= 4 is 5.82 Å². The Labute approximate surface area is 111 Å². The number of alkyl halides is 3. The highest BCUT2D eigenvalue weighted by molar-refractivity contribution is 5.39. The molecular formula is C14H19F3N2. The Bertz CT molecular complexity index is 431. The Morgan fingerprint density at radius 3 is 2.58 bits per heavy atom. The third kappa shape index (κ3) is 3.61. The maximum Gasteiger partial charge on any atom is 0.416 e. The molecule has 0 amide bonds. The number of hydrogen-bond donors (Lipinski definition) is 1. The summed E-state index contributed by atoms with van der Waals surface area (Å²) in [5.74, 6) is 1.60. The molecule has 3 unspecified atom stereocenters. The molecule has 1 aromatic rings. The van der Waals surface area contributed by atoms with Crippen molar-refractivity contribution in [1.82, 2.24) is 4.98 Å². The molecule has 1 N–H and O–H groups in total. The minimum absolute atomic E-state index is 0.224. The van der Waals surface area contributed by atoms with Crippen molar-refractivity contribution in [2.45, 2.75) is 45.3 Å². The fraction of sp³-hybridized carbons (Fsp3) is 0.643. The second-order valence-electron chi connectivity index (χ2n) is 5.54. The molecule has 1 saturated carbocycles. The molecular weight excluding hydrogens is 253 g/mol. The second-order valence-corrected chi connectivity index (χ2v) is 5.54. The van der Waals surface area contributed by atoms with Gasteiger partial charge in [0.2, 0.25) is 0 Å². The molecule has 0 radical (unpaired) electrons. The monoisotopic (exact) mass is 272 g/mol.